The summed E-state index contributed by atoms with van der Waals surface area (Å²) in [5, 5.41) is 13.8. The van der Waals surface area contributed by atoms with Gasteiger partial charge >= 0.3 is 0 Å². The molecule has 0 unspecified atom stereocenters. The molecule has 0 bridgehead atoms. The number of hydrogen-bond acceptors (Lipinski definition) is 8. The normalized spacial score (nSPS) is 15.2. The van der Waals surface area contributed by atoms with Crippen molar-refractivity contribution in [1.82, 2.24) is 29.8 Å². The summed E-state index contributed by atoms with van der Waals surface area (Å²) in [6, 6.07) is 6.12. The number of anilines is 2. The maximum absolute atomic E-state index is 4.40. The van der Waals surface area contributed by atoms with Crippen LogP contribution in [0.2, 0.25) is 0 Å². The zero-order chi connectivity index (χ0) is 16.5. The van der Waals surface area contributed by atoms with E-state index in [1.165, 1.54) is 0 Å². The molecule has 3 aromatic heterocycles. The molecule has 124 valence electrons. The average Bonchev–Trinajstić information content (AvgIpc) is 3.09. The lowest BCUT2D eigenvalue weighted by atomic mass is 10.3. The second-order valence-corrected chi connectivity index (χ2v) is 6.46. The molecule has 1 aliphatic heterocycles. The van der Waals surface area contributed by atoms with Crippen LogP contribution in [-0.2, 0) is 0 Å². The highest BCUT2D eigenvalue weighted by molar-refractivity contribution is 7.98. The van der Waals surface area contributed by atoms with Gasteiger partial charge in [0.1, 0.15) is 17.2 Å². The van der Waals surface area contributed by atoms with E-state index >= 15 is 0 Å². The number of aromatic nitrogens is 6. The van der Waals surface area contributed by atoms with Crippen molar-refractivity contribution in [3.8, 4) is 0 Å². The third-order valence-electron chi connectivity index (χ3n) is 4.12. The lowest BCUT2D eigenvalue weighted by Gasteiger charge is -2.36. The highest BCUT2D eigenvalue weighted by atomic mass is 32.2. The molecule has 0 radical (unpaired) electrons. The maximum atomic E-state index is 4.40. The smallest absolute Gasteiger partial charge is 0.254 e. The minimum absolute atomic E-state index is 0.644. The Kier molecular flexibility index (Phi) is 3.93. The summed E-state index contributed by atoms with van der Waals surface area (Å²) in [6.45, 7) is 5.56. The Morgan fingerprint density at radius 3 is 2.54 bits per heavy atom. The quantitative estimate of drug-likeness (QED) is 0.659. The van der Waals surface area contributed by atoms with Crippen molar-refractivity contribution in [2.45, 2.75) is 11.9 Å². The molecule has 1 aliphatic rings. The molecule has 0 aliphatic carbocycles. The minimum Gasteiger partial charge on any atom is -0.353 e. The van der Waals surface area contributed by atoms with Crippen molar-refractivity contribution < 1.29 is 0 Å². The Balaban J connectivity index is 1.51. The second kappa shape index (κ2) is 6.23. The van der Waals surface area contributed by atoms with Crippen molar-refractivity contribution in [2.24, 2.45) is 0 Å². The summed E-state index contributed by atoms with van der Waals surface area (Å²) in [5.41, 5.74) is 0.950. The van der Waals surface area contributed by atoms with Gasteiger partial charge in [0.2, 0.25) is 0 Å². The topological polar surface area (TPSA) is 75.3 Å². The van der Waals surface area contributed by atoms with E-state index in [1.54, 1.807) is 22.6 Å². The summed E-state index contributed by atoms with van der Waals surface area (Å²) in [4.78, 5) is 13.2. The fourth-order valence-corrected chi connectivity index (χ4v) is 3.22. The molecule has 0 saturated carbocycles. The molecule has 4 heterocycles. The van der Waals surface area contributed by atoms with Crippen molar-refractivity contribution in [3.63, 3.8) is 0 Å². The molecule has 9 heteroatoms. The molecule has 8 nitrogen and oxygen atoms in total. The van der Waals surface area contributed by atoms with E-state index in [2.05, 4.69) is 41.1 Å². The molecule has 24 heavy (non-hydrogen) atoms. The van der Waals surface area contributed by atoms with Gasteiger partial charge in [-0.3, -0.25) is 0 Å². The number of rotatable bonds is 3. The van der Waals surface area contributed by atoms with Crippen LogP contribution in [0.25, 0.3) is 5.78 Å². The molecule has 1 saturated heterocycles. The molecule has 3 aromatic rings. The fraction of sp³-hybridized carbons (Fsp3) is 0.400. The van der Waals surface area contributed by atoms with Gasteiger partial charge in [-0.1, -0.05) is 0 Å². The van der Waals surface area contributed by atoms with Gasteiger partial charge in [-0.2, -0.15) is 14.6 Å². The van der Waals surface area contributed by atoms with E-state index in [1.807, 2.05) is 25.3 Å². The summed E-state index contributed by atoms with van der Waals surface area (Å²) in [7, 11) is 0. The molecule has 0 spiro atoms. The van der Waals surface area contributed by atoms with Crippen LogP contribution in [0, 0.1) is 6.92 Å². The molecule has 1 fully saturated rings. The van der Waals surface area contributed by atoms with E-state index < -0.39 is 0 Å². The summed E-state index contributed by atoms with van der Waals surface area (Å²) >= 11 is 1.60. The Morgan fingerprint density at radius 1 is 1.04 bits per heavy atom. The third-order valence-corrected chi connectivity index (χ3v) is 4.76. The monoisotopic (exact) mass is 342 g/mol. The first-order chi connectivity index (χ1) is 11.7. The third kappa shape index (κ3) is 2.75. The Labute approximate surface area is 143 Å². The van der Waals surface area contributed by atoms with Crippen molar-refractivity contribution in [1.29, 1.82) is 0 Å². The Bertz CT molecular complexity index is 838. The molecular weight excluding hydrogens is 324 g/mol. The second-order valence-electron chi connectivity index (χ2n) is 5.64. The van der Waals surface area contributed by atoms with Crippen LogP contribution in [0.3, 0.4) is 0 Å². The van der Waals surface area contributed by atoms with E-state index in [0.717, 1.165) is 48.5 Å². The zero-order valence-electron chi connectivity index (χ0n) is 13.6. The molecule has 4 rings (SSSR count). The number of aryl methyl sites for hydroxylation is 1. The lowest BCUT2D eigenvalue weighted by Crippen LogP contribution is -2.47. The number of piperazine rings is 1. The number of thioether (sulfide) groups is 1. The number of nitrogens with zero attached hydrogens (tertiary/aromatic N) is 8. The molecule has 0 aromatic carbocycles. The maximum Gasteiger partial charge on any atom is 0.254 e. The fourth-order valence-electron chi connectivity index (χ4n) is 2.89. The van der Waals surface area contributed by atoms with E-state index in [4.69, 9.17) is 0 Å². The standard InChI is InChI=1S/C15H18N8S/c1-11-9-14(23-15(18-11)16-10-17-23)22-7-5-21(6-8-22)12-3-4-13(24-2)20-19-12/h3-4,9-10H,5-8H2,1-2H3. The first-order valence-corrected chi connectivity index (χ1v) is 9.02. The summed E-state index contributed by atoms with van der Waals surface area (Å²) < 4.78 is 1.80. The van der Waals surface area contributed by atoms with Gasteiger partial charge in [0.15, 0.2) is 5.82 Å². The minimum atomic E-state index is 0.644. The first kappa shape index (κ1) is 15.1. The highest BCUT2D eigenvalue weighted by Gasteiger charge is 2.21. The van der Waals surface area contributed by atoms with Gasteiger partial charge in [0.25, 0.3) is 5.78 Å². The van der Waals surface area contributed by atoms with Gasteiger partial charge in [-0.15, -0.1) is 22.0 Å². The van der Waals surface area contributed by atoms with Gasteiger partial charge in [-0.25, -0.2) is 4.98 Å². The van der Waals surface area contributed by atoms with E-state index in [9.17, 15) is 0 Å². The van der Waals surface area contributed by atoms with Crippen LogP contribution in [0.15, 0.2) is 29.6 Å². The van der Waals surface area contributed by atoms with Gasteiger partial charge in [-0.05, 0) is 25.3 Å². The lowest BCUT2D eigenvalue weighted by molar-refractivity contribution is 0.628. The molecule has 0 atom stereocenters. The van der Waals surface area contributed by atoms with Crippen LogP contribution in [-0.4, -0.2) is 62.2 Å². The summed E-state index contributed by atoms with van der Waals surface area (Å²) in [6.07, 6.45) is 3.55. The van der Waals surface area contributed by atoms with E-state index in [0.29, 0.717) is 5.78 Å². The number of fused-ring (bicyclic) bond motifs is 1. The van der Waals surface area contributed by atoms with Gasteiger partial charge in [0, 0.05) is 37.9 Å². The molecule has 0 N–H and O–H groups in total. The average molecular weight is 342 g/mol. The van der Waals surface area contributed by atoms with Gasteiger partial charge < -0.3 is 9.80 Å². The highest BCUT2D eigenvalue weighted by Crippen LogP contribution is 2.20. The van der Waals surface area contributed by atoms with Crippen LogP contribution in [0.5, 0.6) is 0 Å². The van der Waals surface area contributed by atoms with Gasteiger partial charge in [0.05, 0.1) is 0 Å². The van der Waals surface area contributed by atoms with Crippen LogP contribution >= 0.6 is 11.8 Å². The van der Waals surface area contributed by atoms with Crippen molar-refractivity contribution >= 4 is 29.2 Å². The predicted octanol–water partition coefficient (Wildman–Crippen LogP) is 1.27. The van der Waals surface area contributed by atoms with Crippen LogP contribution in [0.4, 0.5) is 11.6 Å². The Morgan fingerprint density at radius 2 is 1.83 bits per heavy atom. The summed E-state index contributed by atoms with van der Waals surface area (Å²) in [5.74, 6) is 2.62. The zero-order valence-corrected chi connectivity index (χ0v) is 14.4. The first-order valence-electron chi connectivity index (χ1n) is 7.79. The SMILES string of the molecule is CSc1ccc(N2CCN(c3cc(C)nc4ncnn34)CC2)nn1. The van der Waals surface area contributed by atoms with Crippen LogP contribution in [0.1, 0.15) is 5.69 Å². The predicted molar refractivity (Wildman–Crippen MR) is 93.8 cm³/mol. The molecule has 0 amide bonds. The molecular formula is C15H18N8S. The van der Waals surface area contributed by atoms with Crippen LogP contribution < -0.4 is 9.80 Å². The van der Waals surface area contributed by atoms with E-state index in [-0.39, 0.29) is 0 Å². The number of hydrogen-bond donors (Lipinski definition) is 0. The van der Waals surface area contributed by atoms with Crippen molar-refractivity contribution in [2.75, 3.05) is 42.2 Å². The van der Waals surface area contributed by atoms with Crippen molar-refractivity contribution in [3.05, 3.63) is 30.2 Å². The largest absolute Gasteiger partial charge is 0.353 e. The Hall–Kier alpha value is -2.42.